The first-order valence-corrected chi connectivity index (χ1v) is 7.61. The minimum absolute atomic E-state index is 0.00269. The summed E-state index contributed by atoms with van der Waals surface area (Å²) in [5, 5.41) is 6.03. The predicted octanol–water partition coefficient (Wildman–Crippen LogP) is 1.55. The van der Waals surface area contributed by atoms with Crippen molar-refractivity contribution in [3.63, 3.8) is 0 Å². The van der Waals surface area contributed by atoms with Gasteiger partial charge in [-0.25, -0.2) is 4.79 Å². The number of carbonyl (C=O) groups excluding carboxylic acids is 2. The quantitative estimate of drug-likeness (QED) is 0.890. The zero-order chi connectivity index (χ0) is 14.8. The molecule has 3 amide bonds. The second-order valence-corrected chi connectivity index (χ2v) is 5.94. The molecule has 1 aromatic rings. The van der Waals surface area contributed by atoms with Crippen LogP contribution in [0.4, 0.5) is 4.79 Å². The summed E-state index contributed by atoms with van der Waals surface area (Å²) in [6.07, 6.45) is 2.74. The molecule has 0 saturated carbocycles. The van der Waals surface area contributed by atoms with Crippen molar-refractivity contribution in [1.29, 1.82) is 0 Å². The van der Waals surface area contributed by atoms with Gasteiger partial charge in [-0.05, 0) is 30.9 Å². The largest absolute Gasteiger partial charge is 0.338 e. The van der Waals surface area contributed by atoms with Crippen LogP contribution in [0.3, 0.4) is 0 Å². The molecular formula is C15H18ClN3O2. The Kier molecular flexibility index (Phi) is 4.01. The van der Waals surface area contributed by atoms with E-state index in [0.29, 0.717) is 6.54 Å². The summed E-state index contributed by atoms with van der Waals surface area (Å²) in [6.45, 7) is 1.12. The van der Waals surface area contributed by atoms with Crippen molar-refractivity contribution >= 4 is 23.5 Å². The Hall–Kier alpha value is -1.75. The average molecular weight is 308 g/mol. The van der Waals surface area contributed by atoms with Crippen LogP contribution in [-0.4, -0.2) is 42.0 Å². The molecule has 2 saturated heterocycles. The Morgan fingerprint density at radius 2 is 2.19 bits per heavy atom. The van der Waals surface area contributed by atoms with Gasteiger partial charge in [0.25, 0.3) is 0 Å². The van der Waals surface area contributed by atoms with Crippen LogP contribution in [0.5, 0.6) is 0 Å². The van der Waals surface area contributed by atoms with Crippen molar-refractivity contribution in [3.8, 4) is 0 Å². The molecule has 6 heteroatoms. The molecule has 2 aliphatic rings. The van der Waals surface area contributed by atoms with Gasteiger partial charge in [0, 0.05) is 24.2 Å². The van der Waals surface area contributed by atoms with E-state index in [1.165, 1.54) is 0 Å². The molecule has 1 aromatic carbocycles. The molecule has 112 valence electrons. The summed E-state index contributed by atoms with van der Waals surface area (Å²) in [5.74, 6) is 0.00269. The Labute approximate surface area is 128 Å². The minimum Gasteiger partial charge on any atom is -0.338 e. The van der Waals surface area contributed by atoms with E-state index in [4.69, 9.17) is 11.6 Å². The number of likely N-dealkylation sites (tertiary alicyclic amines) is 1. The lowest BCUT2D eigenvalue weighted by atomic mass is 10.0. The molecule has 0 aliphatic carbocycles. The monoisotopic (exact) mass is 307 g/mol. The summed E-state index contributed by atoms with van der Waals surface area (Å²) < 4.78 is 0. The van der Waals surface area contributed by atoms with E-state index in [1.54, 1.807) is 0 Å². The zero-order valence-electron chi connectivity index (χ0n) is 11.6. The fourth-order valence-corrected chi connectivity index (χ4v) is 3.27. The van der Waals surface area contributed by atoms with Crippen molar-refractivity contribution in [2.45, 2.75) is 31.3 Å². The first-order valence-electron chi connectivity index (χ1n) is 7.23. The van der Waals surface area contributed by atoms with Gasteiger partial charge in [-0.3, -0.25) is 4.79 Å². The van der Waals surface area contributed by atoms with Gasteiger partial charge in [0.2, 0.25) is 5.91 Å². The van der Waals surface area contributed by atoms with Crippen LogP contribution in [0.25, 0.3) is 0 Å². The molecule has 0 aromatic heterocycles. The van der Waals surface area contributed by atoms with Crippen molar-refractivity contribution in [2.75, 3.05) is 13.1 Å². The molecule has 5 nitrogen and oxygen atoms in total. The molecule has 21 heavy (non-hydrogen) atoms. The summed E-state index contributed by atoms with van der Waals surface area (Å²) in [4.78, 5) is 25.6. The van der Waals surface area contributed by atoms with Gasteiger partial charge in [0.1, 0.15) is 6.04 Å². The number of hydrogen-bond acceptors (Lipinski definition) is 2. The van der Waals surface area contributed by atoms with E-state index in [2.05, 4.69) is 10.6 Å². The van der Waals surface area contributed by atoms with Gasteiger partial charge in [-0.2, -0.15) is 0 Å². The zero-order valence-corrected chi connectivity index (χ0v) is 12.4. The number of hydrogen-bond donors (Lipinski definition) is 2. The van der Waals surface area contributed by atoms with Crippen LogP contribution in [0.1, 0.15) is 18.4 Å². The highest BCUT2D eigenvalue weighted by Crippen LogP contribution is 2.25. The van der Waals surface area contributed by atoms with Gasteiger partial charge < -0.3 is 15.5 Å². The lowest BCUT2D eigenvalue weighted by molar-refractivity contribution is -0.133. The summed E-state index contributed by atoms with van der Waals surface area (Å²) in [5.41, 5.74) is 1.07. The van der Waals surface area contributed by atoms with Crippen LogP contribution in [0.15, 0.2) is 24.3 Å². The third-order valence-corrected chi connectivity index (χ3v) is 4.51. The molecule has 2 N–H and O–H groups in total. The van der Waals surface area contributed by atoms with E-state index in [-0.39, 0.29) is 18.0 Å². The first kappa shape index (κ1) is 14.2. The number of halogens is 1. The highest BCUT2D eigenvalue weighted by Gasteiger charge is 2.36. The molecule has 2 heterocycles. The topological polar surface area (TPSA) is 61.4 Å². The summed E-state index contributed by atoms with van der Waals surface area (Å²) in [6, 6.07) is 7.20. The molecule has 0 bridgehead atoms. The maximum absolute atomic E-state index is 12.5. The summed E-state index contributed by atoms with van der Waals surface area (Å²) >= 11 is 6.21. The van der Waals surface area contributed by atoms with Crippen LogP contribution in [0, 0.1) is 0 Å². The number of rotatable bonds is 3. The van der Waals surface area contributed by atoms with Crippen LogP contribution < -0.4 is 10.6 Å². The molecule has 2 fully saturated rings. The van der Waals surface area contributed by atoms with Gasteiger partial charge in [-0.1, -0.05) is 29.8 Å². The van der Waals surface area contributed by atoms with Crippen molar-refractivity contribution in [2.24, 2.45) is 0 Å². The van der Waals surface area contributed by atoms with E-state index in [1.807, 2.05) is 29.2 Å². The number of nitrogens with one attached hydrogen (secondary N) is 2. The Morgan fingerprint density at radius 3 is 2.90 bits per heavy atom. The lowest BCUT2D eigenvalue weighted by Crippen LogP contribution is -2.48. The van der Waals surface area contributed by atoms with E-state index < -0.39 is 6.04 Å². The van der Waals surface area contributed by atoms with Gasteiger partial charge in [0.05, 0.1) is 0 Å². The second kappa shape index (κ2) is 5.93. The number of benzene rings is 1. The highest BCUT2D eigenvalue weighted by molar-refractivity contribution is 6.31. The Balaban J connectivity index is 1.69. The van der Waals surface area contributed by atoms with Crippen LogP contribution in [-0.2, 0) is 11.2 Å². The first-order chi connectivity index (χ1) is 10.1. The Bertz CT molecular complexity index is 564. The molecule has 3 rings (SSSR count). The van der Waals surface area contributed by atoms with Crippen molar-refractivity contribution in [1.82, 2.24) is 15.5 Å². The van der Waals surface area contributed by atoms with Gasteiger partial charge >= 0.3 is 6.03 Å². The van der Waals surface area contributed by atoms with E-state index in [9.17, 15) is 9.59 Å². The second-order valence-electron chi connectivity index (χ2n) is 5.53. The maximum Gasteiger partial charge on any atom is 0.315 e. The summed E-state index contributed by atoms with van der Waals surface area (Å²) in [7, 11) is 0. The van der Waals surface area contributed by atoms with Gasteiger partial charge in [0.15, 0.2) is 0 Å². The smallest absolute Gasteiger partial charge is 0.315 e. The van der Waals surface area contributed by atoms with E-state index >= 15 is 0 Å². The fourth-order valence-electron chi connectivity index (χ4n) is 3.06. The van der Waals surface area contributed by atoms with E-state index in [0.717, 1.165) is 36.4 Å². The molecule has 2 aliphatic heterocycles. The SMILES string of the molecule is O=C1NC[C@@H](C(=O)N2CCC[C@H]2Cc2ccccc2Cl)N1. The fraction of sp³-hybridized carbons (Fsp3) is 0.467. The molecule has 0 radical (unpaired) electrons. The number of urea groups is 1. The molecule has 2 atom stereocenters. The molecule has 0 spiro atoms. The number of amides is 3. The minimum atomic E-state index is -0.440. The third kappa shape index (κ3) is 2.97. The van der Waals surface area contributed by atoms with Crippen molar-refractivity contribution < 1.29 is 9.59 Å². The van der Waals surface area contributed by atoms with Crippen LogP contribution >= 0.6 is 11.6 Å². The number of nitrogens with zero attached hydrogens (tertiary/aromatic N) is 1. The highest BCUT2D eigenvalue weighted by atomic mass is 35.5. The standard InChI is InChI=1S/C15H18ClN3O2/c16-12-6-2-1-4-10(12)8-11-5-3-7-19(11)14(20)13-9-17-15(21)18-13/h1-2,4,6,11,13H,3,5,7-9H2,(H2,17,18,21)/t11-,13-/m0/s1. The lowest BCUT2D eigenvalue weighted by Gasteiger charge is -2.27. The predicted molar refractivity (Wildman–Crippen MR) is 80.2 cm³/mol. The maximum atomic E-state index is 12.5. The molecule has 0 unspecified atom stereocenters. The van der Waals surface area contributed by atoms with Gasteiger partial charge in [-0.15, -0.1) is 0 Å². The van der Waals surface area contributed by atoms with Crippen LogP contribution in [0.2, 0.25) is 5.02 Å². The average Bonchev–Trinajstić information content (AvgIpc) is 3.10. The van der Waals surface area contributed by atoms with Crippen molar-refractivity contribution in [3.05, 3.63) is 34.9 Å². The normalized spacial score (nSPS) is 24.8. The third-order valence-electron chi connectivity index (χ3n) is 4.14. The number of carbonyl (C=O) groups is 2. The molecular weight excluding hydrogens is 290 g/mol. The Morgan fingerprint density at radius 1 is 1.38 bits per heavy atom.